The number of carboxylic acids is 1. The smallest absolute Gasteiger partial charge is 0.336 e. The fourth-order valence-electron chi connectivity index (χ4n) is 3.93. The van der Waals surface area contributed by atoms with E-state index in [1.807, 2.05) is 6.07 Å². The number of rotatable bonds is 3. The number of hydrogen-bond acceptors (Lipinski definition) is 3. The van der Waals surface area contributed by atoms with E-state index in [-0.39, 0.29) is 5.56 Å². The van der Waals surface area contributed by atoms with Crippen molar-refractivity contribution in [1.82, 2.24) is 0 Å². The number of aryl methyl sites for hydroxylation is 2. The first-order chi connectivity index (χ1) is 12.0. The van der Waals surface area contributed by atoms with Crippen LogP contribution in [-0.4, -0.2) is 29.0 Å². The molecule has 0 bridgehead atoms. The Morgan fingerprint density at radius 2 is 1.68 bits per heavy atom. The maximum Gasteiger partial charge on any atom is 0.336 e. The van der Waals surface area contributed by atoms with Gasteiger partial charge >= 0.3 is 5.97 Å². The maximum atomic E-state index is 11.2. The second-order valence-corrected chi connectivity index (χ2v) is 7.93. The largest absolute Gasteiger partial charge is 0.478 e. The number of carbonyl (C=O) groups is 1. The van der Waals surface area contributed by atoms with Crippen molar-refractivity contribution in [3.05, 3.63) is 62.6 Å². The summed E-state index contributed by atoms with van der Waals surface area (Å²) in [5.41, 5.74) is 6.45. The standard InChI is InChI=1S/C20H18BrNO2S/c21-17-11-14(5-6-16(17)20(23)24)19(25)15-9-12-3-1-7-22-8-2-4-13(10-15)18(12)22/h5-6,9-11H,1-4,7-8H2,(H,23,24). The number of nitrogens with zero attached hydrogens (tertiary/aromatic N) is 1. The minimum atomic E-state index is -0.942. The van der Waals surface area contributed by atoms with Crippen LogP contribution in [0.4, 0.5) is 5.69 Å². The molecule has 0 unspecified atom stereocenters. The number of carboxylic acid groups (broad SMARTS) is 1. The Bertz CT molecular complexity index is 862. The van der Waals surface area contributed by atoms with Crippen LogP contribution >= 0.6 is 28.1 Å². The van der Waals surface area contributed by atoms with Gasteiger partial charge in [-0.05, 0) is 88.1 Å². The van der Waals surface area contributed by atoms with E-state index in [0.717, 1.165) is 41.9 Å². The monoisotopic (exact) mass is 415 g/mol. The summed E-state index contributed by atoms with van der Waals surface area (Å²) in [5, 5.41) is 9.18. The molecule has 1 N–H and O–H groups in total. The molecule has 2 aromatic carbocycles. The lowest BCUT2D eigenvalue weighted by Gasteiger charge is -2.37. The van der Waals surface area contributed by atoms with Gasteiger partial charge in [0, 0.05) is 23.2 Å². The van der Waals surface area contributed by atoms with Crippen molar-refractivity contribution in [2.45, 2.75) is 25.7 Å². The Morgan fingerprint density at radius 3 is 2.24 bits per heavy atom. The lowest BCUT2D eigenvalue weighted by atomic mass is 9.88. The van der Waals surface area contributed by atoms with Gasteiger partial charge in [0.2, 0.25) is 0 Å². The summed E-state index contributed by atoms with van der Waals surface area (Å²) in [4.78, 5) is 14.5. The Hall–Kier alpha value is -1.72. The summed E-state index contributed by atoms with van der Waals surface area (Å²) in [6.45, 7) is 2.32. The fourth-order valence-corrected chi connectivity index (χ4v) is 4.72. The van der Waals surface area contributed by atoms with Crippen LogP contribution in [-0.2, 0) is 12.8 Å². The van der Waals surface area contributed by atoms with Gasteiger partial charge in [-0.1, -0.05) is 18.3 Å². The first kappa shape index (κ1) is 16.7. The predicted molar refractivity (Wildman–Crippen MR) is 107 cm³/mol. The molecular formula is C20H18BrNO2S. The summed E-state index contributed by atoms with van der Waals surface area (Å²) in [6, 6.07) is 9.68. The van der Waals surface area contributed by atoms with Gasteiger partial charge in [-0.3, -0.25) is 0 Å². The van der Waals surface area contributed by atoms with Crippen LogP contribution in [0.5, 0.6) is 0 Å². The van der Waals surface area contributed by atoms with Crippen LogP contribution in [0.1, 0.15) is 45.5 Å². The number of benzene rings is 2. The molecule has 0 spiro atoms. The third kappa shape index (κ3) is 3.00. The number of hydrogen-bond donors (Lipinski definition) is 1. The van der Waals surface area contributed by atoms with Gasteiger partial charge in [0.25, 0.3) is 0 Å². The normalized spacial score (nSPS) is 15.6. The SMILES string of the molecule is O=C(O)c1ccc(C(=S)c2cc3c4c(c2)CCCN4CCC3)cc1Br. The third-order valence-electron chi connectivity index (χ3n) is 5.06. The molecule has 2 heterocycles. The molecule has 0 amide bonds. The molecule has 0 radical (unpaired) electrons. The van der Waals surface area contributed by atoms with Crippen LogP contribution < -0.4 is 4.90 Å². The molecule has 3 nitrogen and oxygen atoms in total. The second kappa shape index (κ2) is 6.54. The lowest BCUT2D eigenvalue weighted by molar-refractivity contribution is 0.0696. The number of thiocarbonyl (C=S) groups is 1. The van der Waals surface area contributed by atoms with Crippen molar-refractivity contribution in [2.24, 2.45) is 0 Å². The summed E-state index contributed by atoms with van der Waals surface area (Å²) in [5.74, 6) is -0.942. The molecule has 2 aliphatic rings. The average Bonchev–Trinajstić information content (AvgIpc) is 2.61. The summed E-state index contributed by atoms with van der Waals surface area (Å²) in [6.07, 6.45) is 4.61. The highest BCUT2D eigenvalue weighted by Crippen LogP contribution is 2.36. The highest BCUT2D eigenvalue weighted by molar-refractivity contribution is 9.10. The van der Waals surface area contributed by atoms with Gasteiger partial charge in [-0.2, -0.15) is 0 Å². The molecule has 4 rings (SSSR count). The van der Waals surface area contributed by atoms with Crippen LogP contribution in [0.2, 0.25) is 0 Å². The third-order valence-corrected chi connectivity index (χ3v) is 6.18. The Balaban J connectivity index is 1.74. The van der Waals surface area contributed by atoms with Gasteiger partial charge in [0.05, 0.1) is 10.4 Å². The zero-order valence-corrected chi connectivity index (χ0v) is 16.1. The van der Waals surface area contributed by atoms with Crippen molar-refractivity contribution in [3.8, 4) is 0 Å². The van der Waals surface area contributed by atoms with Gasteiger partial charge in [0.1, 0.15) is 0 Å². The number of halogens is 1. The zero-order valence-electron chi connectivity index (χ0n) is 13.7. The summed E-state index contributed by atoms with van der Waals surface area (Å²) < 4.78 is 0.560. The molecule has 2 aromatic rings. The van der Waals surface area contributed by atoms with Crippen LogP contribution in [0, 0.1) is 0 Å². The van der Waals surface area contributed by atoms with Gasteiger partial charge in [-0.15, -0.1) is 0 Å². The second-order valence-electron chi connectivity index (χ2n) is 6.67. The fraction of sp³-hybridized carbons (Fsp3) is 0.300. The first-order valence-electron chi connectivity index (χ1n) is 8.53. The molecule has 2 aliphatic heterocycles. The number of anilines is 1. The van der Waals surface area contributed by atoms with E-state index in [1.54, 1.807) is 12.1 Å². The number of aromatic carboxylic acids is 1. The molecule has 0 saturated carbocycles. The molecule has 0 saturated heterocycles. The molecule has 5 heteroatoms. The Morgan fingerprint density at radius 1 is 1.04 bits per heavy atom. The van der Waals surface area contributed by atoms with E-state index in [2.05, 4.69) is 33.0 Å². The van der Waals surface area contributed by atoms with E-state index in [4.69, 9.17) is 12.2 Å². The van der Waals surface area contributed by atoms with E-state index in [0.29, 0.717) is 4.47 Å². The van der Waals surface area contributed by atoms with Crippen molar-refractivity contribution in [2.75, 3.05) is 18.0 Å². The molecule has 0 atom stereocenters. The first-order valence-corrected chi connectivity index (χ1v) is 9.73. The maximum absolute atomic E-state index is 11.2. The van der Waals surface area contributed by atoms with Gasteiger partial charge in [-0.25, -0.2) is 4.79 Å². The molecule has 0 aromatic heterocycles. The molecule has 0 fully saturated rings. The minimum absolute atomic E-state index is 0.253. The lowest BCUT2D eigenvalue weighted by Crippen LogP contribution is -2.34. The van der Waals surface area contributed by atoms with Crippen LogP contribution in [0.25, 0.3) is 0 Å². The predicted octanol–water partition coefficient (Wildman–Crippen LogP) is 4.61. The van der Waals surface area contributed by atoms with E-state index < -0.39 is 5.97 Å². The Labute approximate surface area is 160 Å². The summed E-state index contributed by atoms with van der Waals surface area (Å²) >= 11 is 9.08. The van der Waals surface area contributed by atoms with Gasteiger partial charge < -0.3 is 10.0 Å². The summed E-state index contributed by atoms with van der Waals surface area (Å²) in [7, 11) is 0. The zero-order chi connectivity index (χ0) is 17.6. The molecular weight excluding hydrogens is 398 g/mol. The van der Waals surface area contributed by atoms with E-state index >= 15 is 0 Å². The highest BCUT2D eigenvalue weighted by atomic mass is 79.9. The molecule has 0 aliphatic carbocycles. The van der Waals surface area contributed by atoms with Crippen molar-refractivity contribution < 1.29 is 9.90 Å². The topological polar surface area (TPSA) is 40.5 Å². The Kier molecular flexibility index (Phi) is 4.38. The van der Waals surface area contributed by atoms with Crippen molar-refractivity contribution >= 4 is 44.7 Å². The van der Waals surface area contributed by atoms with E-state index in [1.165, 1.54) is 29.7 Å². The van der Waals surface area contributed by atoms with Gasteiger partial charge in [0.15, 0.2) is 0 Å². The quantitative estimate of drug-likeness (QED) is 0.586. The van der Waals surface area contributed by atoms with Crippen molar-refractivity contribution in [3.63, 3.8) is 0 Å². The molecule has 128 valence electrons. The van der Waals surface area contributed by atoms with Crippen LogP contribution in [0.15, 0.2) is 34.8 Å². The van der Waals surface area contributed by atoms with E-state index in [9.17, 15) is 9.90 Å². The minimum Gasteiger partial charge on any atom is -0.478 e. The average molecular weight is 416 g/mol. The molecule has 25 heavy (non-hydrogen) atoms. The van der Waals surface area contributed by atoms with Crippen LogP contribution in [0.3, 0.4) is 0 Å². The van der Waals surface area contributed by atoms with Crippen molar-refractivity contribution in [1.29, 1.82) is 0 Å². The highest BCUT2D eigenvalue weighted by Gasteiger charge is 2.25.